The smallest absolute Gasteiger partial charge is 0.217 e. The number of carbonyl (C=O) groups is 1. The van der Waals surface area contributed by atoms with Gasteiger partial charge in [-0.15, -0.1) is 0 Å². The number of carbonyl (C=O) groups excluding carboxylic acids is 1. The fourth-order valence-corrected chi connectivity index (χ4v) is 5.64. The maximum absolute atomic E-state index is 12.1. The van der Waals surface area contributed by atoms with Crippen LogP contribution in [0.5, 0.6) is 0 Å². The van der Waals surface area contributed by atoms with E-state index in [2.05, 4.69) is 12.2 Å². The molecule has 3 aliphatic heterocycles. The molecule has 0 bridgehead atoms. The minimum absolute atomic E-state index is 0.225. The Bertz CT molecular complexity index is 841. The molecule has 44 heavy (non-hydrogen) atoms. The second kappa shape index (κ2) is 18.3. The minimum atomic E-state index is -1.63. The summed E-state index contributed by atoms with van der Waals surface area (Å²) in [7, 11) is 0. The standard InChI is InChI=1S/C28H51NO15/c1-3-4-5-6-7-8-9-39-28-26(24(38)22(36)17(12-31)41-28)44-27-20(29-14(2)33)23(37)25(18(13-32)42-27)43-19-10-15(34)21(35)16(11-30)40-19/h15-28,30-32,34-38H,3-13H2,1-2H3,(H,29,33)/t15-,16-,17-,18-,19+,20-,21-,22-,23-,24+,25-,26+,27+,28+/m1/s1. The van der Waals surface area contributed by atoms with Crippen molar-refractivity contribution in [3.05, 3.63) is 0 Å². The van der Waals surface area contributed by atoms with Gasteiger partial charge in [-0.05, 0) is 6.42 Å². The van der Waals surface area contributed by atoms with E-state index in [0.29, 0.717) is 6.42 Å². The van der Waals surface area contributed by atoms with Gasteiger partial charge < -0.3 is 74.6 Å². The van der Waals surface area contributed by atoms with E-state index in [9.17, 15) is 45.6 Å². The molecular weight excluding hydrogens is 590 g/mol. The van der Waals surface area contributed by atoms with E-state index in [1.54, 1.807) is 0 Å². The average Bonchev–Trinajstić information content (AvgIpc) is 3.00. The lowest BCUT2D eigenvalue weighted by atomic mass is 9.95. The van der Waals surface area contributed by atoms with Gasteiger partial charge in [0.05, 0.1) is 25.9 Å². The van der Waals surface area contributed by atoms with Crippen molar-refractivity contribution in [3.63, 3.8) is 0 Å². The van der Waals surface area contributed by atoms with Crippen LogP contribution in [0.15, 0.2) is 0 Å². The van der Waals surface area contributed by atoms with Crippen LogP contribution in [0.3, 0.4) is 0 Å². The molecule has 0 saturated carbocycles. The lowest BCUT2D eigenvalue weighted by molar-refractivity contribution is -0.365. The zero-order valence-corrected chi connectivity index (χ0v) is 25.3. The van der Waals surface area contributed by atoms with Crippen LogP contribution in [-0.2, 0) is 33.2 Å². The molecule has 16 nitrogen and oxygen atoms in total. The Morgan fingerprint density at radius 3 is 1.98 bits per heavy atom. The van der Waals surface area contributed by atoms with Gasteiger partial charge in [0.15, 0.2) is 18.9 Å². The van der Waals surface area contributed by atoms with Crippen molar-refractivity contribution in [3.8, 4) is 0 Å². The Morgan fingerprint density at radius 2 is 1.34 bits per heavy atom. The fourth-order valence-electron chi connectivity index (χ4n) is 5.64. The van der Waals surface area contributed by atoms with E-state index in [0.717, 1.165) is 32.1 Å². The summed E-state index contributed by atoms with van der Waals surface area (Å²) in [5.74, 6) is -0.586. The summed E-state index contributed by atoms with van der Waals surface area (Å²) in [5, 5.41) is 84.8. The summed E-state index contributed by atoms with van der Waals surface area (Å²) < 4.78 is 34.8. The molecule has 0 spiro atoms. The first-order valence-electron chi connectivity index (χ1n) is 15.4. The Labute approximate surface area is 256 Å². The van der Waals surface area contributed by atoms with Crippen molar-refractivity contribution in [1.29, 1.82) is 0 Å². The van der Waals surface area contributed by atoms with Gasteiger partial charge in [0.2, 0.25) is 5.91 Å². The molecule has 1 amide bonds. The number of ether oxygens (including phenoxy) is 6. The van der Waals surface area contributed by atoms with Gasteiger partial charge in [-0.3, -0.25) is 4.79 Å². The number of nitrogens with one attached hydrogen (secondary N) is 1. The second-order valence-corrected chi connectivity index (χ2v) is 11.6. The van der Waals surface area contributed by atoms with Crippen molar-refractivity contribution in [2.45, 2.75) is 145 Å². The Hall–Kier alpha value is -1.09. The van der Waals surface area contributed by atoms with Crippen molar-refractivity contribution < 1.29 is 74.1 Å². The monoisotopic (exact) mass is 641 g/mol. The van der Waals surface area contributed by atoms with Crippen molar-refractivity contribution in [2.24, 2.45) is 0 Å². The molecule has 14 atom stereocenters. The Kier molecular flexibility index (Phi) is 15.5. The van der Waals surface area contributed by atoms with E-state index in [-0.39, 0.29) is 13.0 Å². The number of rotatable bonds is 16. The zero-order valence-electron chi connectivity index (χ0n) is 25.3. The number of hydrogen-bond donors (Lipinski definition) is 9. The zero-order chi connectivity index (χ0) is 32.4. The molecule has 0 aromatic heterocycles. The maximum atomic E-state index is 12.1. The fraction of sp³-hybridized carbons (Fsp3) is 0.964. The van der Waals surface area contributed by atoms with Gasteiger partial charge in [0, 0.05) is 20.0 Å². The van der Waals surface area contributed by atoms with Crippen LogP contribution in [-0.4, -0.2) is 159 Å². The average molecular weight is 642 g/mol. The van der Waals surface area contributed by atoms with Crippen molar-refractivity contribution in [2.75, 3.05) is 26.4 Å². The number of amides is 1. The van der Waals surface area contributed by atoms with Crippen molar-refractivity contribution in [1.82, 2.24) is 5.32 Å². The first-order chi connectivity index (χ1) is 21.1. The highest BCUT2D eigenvalue weighted by atomic mass is 16.8. The third-order valence-electron chi connectivity index (χ3n) is 8.14. The molecule has 3 rings (SSSR count). The molecule has 0 aromatic carbocycles. The van der Waals surface area contributed by atoms with Gasteiger partial charge in [0.1, 0.15) is 61.0 Å². The molecule has 3 saturated heterocycles. The molecule has 0 unspecified atom stereocenters. The number of aliphatic hydroxyl groups is 8. The topological polar surface area (TPSA) is 246 Å². The SMILES string of the molecule is CCCCCCCCO[C@H]1O[C@H](CO)[C@@H](O)[C@H](O)[C@@H]1O[C@@H]1O[C@H](CO)[C@@H](O[C@H]2C[C@@H](O)[C@@H](O)[C@@H](CO)O2)[C@H](O)[C@H]1NC(C)=O. The number of hydrogen-bond acceptors (Lipinski definition) is 15. The van der Waals surface area contributed by atoms with Gasteiger partial charge in [0.25, 0.3) is 0 Å². The first-order valence-corrected chi connectivity index (χ1v) is 15.4. The van der Waals surface area contributed by atoms with Gasteiger partial charge in [-0.1, -0.05) is 39.0 Å². The normalized spacial score (nSPS) is 41.4. The molecule has 3 fully saturated rings. The van der Waals surface area contributed by atoms with Crippen LogP contribution in [0.4, 0.5) is 0 Å². The third-order valence-corrected chi connectivity index (χ3v) is 8.14. The molecule has 0 aromatic rings. The van der Waals surface area contributed by atoms with Crippen LogP contribution < -0.4 is 5.32 Å². The summed E-state index contributed by atoms with van der Waals surface area (Å²) in [6.45, 7) is 1.61. The van der Waals surface area contributed by atoms with Crippen LogP contribution in [0.2, 0.25) is 0 Å². The van der Waals surface area contributed by atoms with E-state index < -0.39 is 112 Å². The van der Waals surface area contributed by atoms with Gasteiger partial charge >= 0.3 is 0 Å². The molecule has 3 aliphatic rings. The lowest BCUT2D eigenvalue weighted by Crippen LogP contribution is -2.68. The largest absolute Gasteiger partial charge is 0.394 e. The van der Waals surface area contributed by atoms with E-state index >= 15 is 0 Å². The number of aliphatic hydroxyl groups excluding tert-OH is 8. The molecule has 16 heteroatoms. The predicted molar refractivity (Wildman–Crippen MR) is 149 cm³/mol. The highest BCUT2D eigenvalue weighted by molar-refractivity contribution is 5.73. The molecule has 258 valence electrons. The molecule has 3 heterocycles. The minimum Gasteiger partial charge on any atom is -0.394 e. The van der Waals surface area contributed by atoms with E-state index in [1.807, 2.05) is 0 Å². The predicted octanol–water partition coefficient (Wildman–Crippen LogP) is -3.02. The second-order valence-electron chi connectivity index (χ2n) is 11.6. The van der Waals surface area contributed by atoms with Crippen LogP contribution in [0.1, 0.15) is 58.8 Å². The number of unbranched alkanes of at least 4 members (excludes halogenated alkanes) is 5. The Balaban J connectivity index is 1.75. The Morgan fingerprint density at radius 1 is 0.727 bits per heavy atom. The van der Waals surface area contributed by atoms with E-state index in [1.165, 1.54) is 6.92 Å². The lowest BCUT2D eigenvalue weighted by Gasteiger charge is -2.48. The van der Waals surface area contributed by atoms with Crippen LogP contribution >= 0.6 is 0 Å². The quantitative estimate of drug-likeness (QED) is 0.0762. The molecule has 0 aliphatic carbocycles. The van der Waals surface area contributed by atoms with Crippen molar-refractivity contribution >= 4 is 5.91 Å². The summed E-state index contributed by atoms with van der Waals surface area (Å²) in [4.78, 5) is 12.1. The molecule has 9 N–H and O–H groups in total. The molecular formula is C28H51NO15. The first kappa shape index (κ1) is 37.4. The van der Waals surface area contributed by atoms with E-state index in [4.69, 9.17) is 28.4 Å². The summed E-state index contributed by atoms with van der Waals surface area (Å²) in [6.07, 6.45) is -12.1. The van der Waals surface area contributed by atoms with Crippen LogP contribution in [0.25, 0.3) is 0 Å². The highest BCUT2D eigenvalue weighted by Crippen LogP contribution is 2.32. The maximum Gasteiger partial charge on any atom is 0.217 e. The summed E-state index contributed by atoms with van der Waals surface area (Å²) >= 11 is 0. The van der Waals surface area contributed by atoms with Crippen LogP contribution in [0, 0.1) is 0 Å². The van der Waals surface area contributed by atoms with Gasteiger partial charge in [-0.25, -0.2) is 0 Å². The third kappa shape index (κ3) is 9.71. The van der Waals surface area contributed by atoms with Gasteiger partial charge in [-0.2, -0.15) is 0 Å². The molecule has 0 radical (unpaired) electrons. The summed E-state index contributed by atoms with van der Waals surface area (Å²) in [6, 6.07) is -1.34. The highest BCUT2D eigenvalue weighted by Gasteiger charge is 2.53. The summed E-state index contributed by atoms with van der Waals surface area (Å²) in [5.41, 5.74) is 0.